The Morgan fingerprint density at radius 3 is 2.05 bits per heavy atom. The van der Waals surface area contributed by atoms with Crippen molar-refractivity contribution in [1.29, 1.82) is 0 Å². The Hall–Kier alpha value is -1.38. The highest BCUT2D eigenvalue weighted by atomic mass is 35.5. The van der Waals surface area contributed by atoms with Crippen molar-refractivity contribution in [3.8, 4) is 11.5 Å². The molecule has 0 spiro atoms. The van der Waals surface area contributed by atoms with E-state index in [0.717, 1.165) is 22.6 Å². The van der Waals surface area contributed by atoms with Crippen LogP contribution in [0, 0.1) is 0 Å². The Morgan fingerprint density at radius 1 is 0.857 bits per heavy atom. The highest BCUT2D eigenvalue weighted by molar-refractivity contribution is 6.30. The van der Waals surface area contributed by atoms with Crippen LogP contribution >= 0.6 is 23.2 Å². The van der Waals surface area contributed by atoms with E-state index in [1.54, 1.807) is 0 Å². The maximum atomic E-state index is 6.55. The molecule has 4 heteroatoms. The maximum Gasteiger partial charge on any atom is 0.161 e. The van der Waals surface area contributed by atoms with E-state index in [0.29, 0.717) is 18.2 Å². The fourth-order valence-electron chi connectivity index (χ4n) is 2.05. The first kappa shape index (κ1) is 16.0. The molecule has 0 N–H and O–H groups in total. The largest absolute Gasteiger partial charge is 0.490 e. The number of hydrogen-bond donors (Lipinski definition) is 0. The molecule has 0 aliphatic rings. The second-order valence-electron chi connectivity index (χ2n) is 4.49. The van der Waals surface area contributed by atoms with Gasteiger partial charge >= 0.3 is 0 Å². The lowest BCUT2D eigenvalue weighted by Crippen LogP contribution is -2.00. The van der Waals surface area contributed by atoms with Crippen LogP contribution in [0.4, 0.5) is 0 Å². The second-order valence-corrected chi connectivity index (χ2v) is 5.36. The topological polar surface area (TPSA) is 18.5 Å². The summed E-state index contributed by atoms with van der Waals surface area (Å²) in [6.45, 7) is 5.07. The minimum atomic E-state index is -0.253. The molecule has 2 nitrogen and oxygen atoms in total. The van der Waals surface area contributed by atoms with E-state index in [1.165, 1.54) is 0 Å². The van der Waals surface area contributed by atoms with Gasteiger partial charge < -0.3 is 9.47 Å². The Kier molecular flexibility index (Phi) is 5.77. The number of rotatable bonds is 6. The molecule has 0 bridgehead atoms. The average molecular weight is 325 g/mol. The van der Waals surface area contributed by atoms with Gasteiger partial charge in [-0.15, -0.1) is 11.6 Å². The molecular weight excluding hydrogens is 307 g/mol. The fourth-order valence-corrected chi connectivity index (χ4v) is 2.46. The van der Waals surface area contributed by atoms with Crippen LogP contribution in [0.5, 0.6) is 11.5 Å². The summed E-state index contributed by atoms with van der Waals surface area (Å²) < 4.78 is 11.2. The van der Waals surface area contributed by atoms with Gasteiger partial charge in [0, 0.05) is 5.02 Å². The third-order valence-corrected chi connectivity index (χ3v) is 3.78. The average Bonchev–Trinajstić information content (AvgIpc) is 2.49. The van der Waals surface area contributed by atoms with Crippen LogP contribution in [-0.2, 0) is 0 Å². The smallest absolute Gasteiger partial charge is 0.161 e. The predicted octanol–water partition coefficient (Wildman–Crippen LogP) is 5.47. The standard InChI is InChI=1S/C17H18Cl2O2/c1-3-20-15-10-7-13(11-16(15)21-4-2)17(19)12-5-8-14(18)9-6-12/h5-11,17H,3-4H2,1-2H3. The van der Waals surface area contributed by atoms with Gasteiger partial charge in [0.2, 0.25) is 0 Å². The number of halogens is 2. The first-order chi connectivity index (χ1) is 10.2. The number of ether oxygens (including phenoxy) is 2. The fraction of sp³-hybridized carbons (Fsp3) is 0.294. The molecule has 0 heterocycles. The van der Waals surface area contributed by atoms with E-state index in [-0.39, 0.29) is 5.38 Å². The Labute approximate surface area is 135 Å². The van der Waals surface area contributed by atoms with E-state index in [2.05, 4.69) is 0 Å². The van der Waals surface area contributed by atoms with Crippen molar-refractivity contribution in [3.05, 3.63) is 58.6 Å². The molecule has 0 fully saturated rings. The zero-order chi connectivity index (χ0) is 15.2. The van der Waals surface area contributed by atoms with E-state index < -0.39 is 0 Å². The lowest BCUT2D eigenvalue weighted by atomic mass is 10.0. The van der Waals surface area contributed by atoms with Crippen molar-refractivity contribution in [3.63, 3.8) is 0 Å². The Bertz CT molecular complexity index is 582. The Balaban J connectivity index is 2.30. The molecule has 2 aromatic carbocycles. The van der Waals surface area contributed by atoms with Crippen LogP contribution in [0.25, 0.3) is 0 Å². The molecule has 0 aromatic heterocycles. The molecular formula is C17H18Cl2O2. The summed E-state index contributed by atoms with van der Waals surface area (Å²) in [6, 6.07) is 13.3. The van der Waals surface area contributed by atoms with E-state index in [1.807, 2.05) is 56.3 Å². The highest BCUT2D eigenvalue weighted by Crippen LogP contribution is 2.36. The van der Waals surface area contributed by atoms with Crippen LogP contribution in [0.1, 0.15) is 30.4 Å². The lowest BCUT2D eigenvalue weighted by molar-refractivity contribution is 0.287. The third kappa shape index (κ3) is 4.05. The second kappa shape index (κ2) is 7.58. The summed E-state index contributed by atoms with van der Waals surface area (Å²) in [6.07, 6.45) is 0. The zero-order valence-electron chi connectivity index (χ0n) is 12.1. The number of benzene rings is 2. The monoisotopic (exact) mass is 324 g/mol. The third-order valence-electron chi connectivity index (χ3n) is 3.02. The maximum absolute atomic E-state index is 6.55. The van der Waals surface area contributed by atoms with Gasteiger partial charge in [0.25, 0.3) is 0 Å². The Morgan fingerprint density at radius 2 is 1.43 bits per heavy atom. The lowest BCUT2D eigenvalue weighted by Gasteiger charge is -2.15. The van der Waals surface area contributed by atoms with Gasteiger partial charge in [0.15, 0.2) is 11.5 Å². The van der Waals surface area contributed by atoms with Gasteiger partial charge in [-0.1, -0.05) is 29.8 Å². The molecule has 0 saturated carbocycles. The van der Waals surface area contributed by atoms with Crippen LogP contribution in [0.3, 0.4) is 0 Å². The number of hydrogen-bond acceptors (Lipinski definition) is 2. The minimum absolute atomic E-state index is 0.253. The van der Waals surface area contributed by atoms with Gasteiger partial charge in [-0.25, -0.2) is 0 Å². The molecule has 0 saturated heterocycles. The highest BCUT2D eigenvalue weighted by Gasteiger charge is 2.14. The summed E-state index contributed by atoms with van der Waals surface area (Å²) in [4.78, 5) is 0. The van der Waals surface area contributed by atoms with E-state index >= 15 is 0 Å². The van der Waals surface area contributed by atoms with Crippen molar-refractivity contribution in [2.24, 2.45) is 0 Å². The van der Waals surface area contributed by atoms with Crippen LogP contribution in [-0.4, -0.2) is 13.2 Å². The molecule has 2 aromatic rings. The molecule has 1 unspecified atom stereocenters. The summed E-state index contributed by atoms with van der Waals surface area (Å²) in [5.74, 6) is 1.46. The van der Waals surface area contributed by atoms with Gasteiger partial charge in [0.05, 0.1) is 18.6 Å². The van der Waals surface area contributed by atoms with Crippen molar-refractivity contribution in [2.45, 2.75) is 19.2 Å². The van der Waals surface area contributed by atoms with Crippen LogP contribution < -0.4 is 9.47 Å². The van der Waals surface area contributed by atoms with Crippen molar-refractivity contribution < 1.29 is 9.47 Å². The quantitative estimate of drug-likeness (QED) is 0.656. The van der Waals surface area contributed by atoms with Gasteiger partial charge in [-0.3, -0.25) is 0 Å². The molecule has 112 valence electrons. The predicted molar refractivity (Wildman–Crippen MR) is 87.9 cm³/mol. The van der Waals surface area contributed by atoms with Crippen molar-refractivity contribution in [2.75, 3.05) is 13.2 Å². The summed E-state index contributed by atoms with van der Waals surface area (Å²) in [7, 11) is 0. The van der Waals surface area contributed by atoms with Gasteiger partial charge in [-0.05, 0) is 49.2 Å². The molecule has 0 amide bonds. The zero-order valence-corrected chi connectivity index (χ0v) is 13.6. The summed E-state index contributed by atoms with van der Waals surface area (Å²) >= 11 is 12.5. The summed E-state index contributed by atoms with van der Waals surface area (Å²) in [5, 5.41) is 0.446. The van der Waals surface area contributed by atoms with Gasteiger partial charge in [-0.2, -0.15) is 0 Å². The summed E-state index contributed by atoms with van der Waals surface area (Å²) in [5.41, 5.74) is 1.96. The first-order valence-corrected chi connectivity index (χ1v) is 7.76. The normalized spacial score (nSPS) is 12.0. The van der Waals surface area contributed by atoms with E-state index in [4.69, 9.17) is 32.7 Å². The molecule has 0 radical (unpaired) electrons. The number of alkyl halides is 1. The van der Waals surface area contributed by atoms with Crippen molar-refractivity contribution >= 4 is 23.2 Å². The molecule has 2 rings (SSSR count). The first-order valence-electron chi connectivity index (χ1n) is 6.94. The molecule has 1 atom stereocenters. The molecule has 0 aliphatic heterocycles. The van der Waals surface area contributed by atoms with Crippen LogP contribution in [0.2, 0.25) is 5.02 Å². The van der Waals surface area contributed by atoms with Crippen LogP contribution in [0.15, 0.2) is 42.5 Å². The van der Waals surface area contributed by atoms with Gasteiger partial charge in [0.1, 0.15) is 0 Å². The van der Waals surface area contributed by atoms with Crippen molar-refractivity contribution in [1.82, 2.24) is 0 Å². The molecule has 21 heavy (non-hydrogen) atoms. The van der Waals surface area contributed by atoms with E-state index in [9.17, 15) is 0 Å². The molecule has 0 aliphatic carbocycles. The SMILES string of the molecule is CCOc1ccc(C(Cl)c2ccc(Cl)cc2)cc1OCC. The minimum Gasteiger partial charge on any atom is -0.490 e.